The highest BCUT2D eigenvalue weighted by molar-refractivity contribution is 5.95. The average molecular weight is 334 g/mol. The van der Waals surface area contributed by atoms with Crippen LogP contribution in [0, 0.1) is 11.3 Å². The lowest BCUT2D eigenvalue weighted by Crippen LogP contribution is -2.50. The second-order valence-corrected chi connectivity index (χ2v) is 7.33. The quantitative estimate of drug-likeness (QED) is 0.778. The molecule has 0 aromatic heterocycles. The molecule has 1 aliphatic heterocycles. The molecule has 0 bridgehead atoms. The van der Waals surface area contributed by atoms with Gasteiger partial charge in [-0.2, -0.15) is 0 Å². The predicted octanol–water partition coefficient (Wildman–Crippen LogP) is 3.62. The Morgan fingerprint density at radius 2 is 2.08 bits per heavy atom. The first-order chi connectivity index (χ1) is 11.1. The highest BCUT2D eigenvalue weighted by atomic mass is 16.6. The molecule has 2 rings (SSSR count). The van der Waals surface area contributed by atoms with Crippen LogP contribution in [0.25, 0.3) is 0 Å². The normalized spacial score (nSPS) is 25.8. The monoisotopic (exact) mass is 334 g/mol. The lowest BCUT2D eigenvalue weighted by molar-refractivity contribution is -0.160. The molecule has 0 aromatic carbocycles. The molecule has 5 nitrogen and oxygen atoms in total. The molecule has 1 N–H and O–H groups in total. The summed E-state index contributed by atoms with van der Waals surface area (Å²) in [5, 5.41) is 10.3. The average Bonchev–Trinajstić information content (AvgIpc) is 2.81. The molecule has 0 saturated carbocycles. The van der Waals surface area contributed by atoms with Crippen LogP contribution in [-0.4, -0.2) is 29.3 Å². The van der Waals surface area contributed by atoms with Gasteiger partial charge in [0.2, 0.25) is 0 Å². The van der Waals surface area contributed by atoms with Gasteiger partial charge in [-0.1, -0.05) is 46.8 Å². The highest BCUT2D eigenvalue weighted by Crippen LogP contribution is 2.49. The van der Waals surface area contributed by atoms with E-state index >= 15 is 0 Å². The van der Waals surface area contributed by atoms with Gasteiger partial charge in [0.05, 0.1) is 0 Å². The van der Waals surface area contributed by atoms with Crippen LogP contribution < -0.4 is 0 Å². The van der Waals surface area contributed by atoms with E-state index in [1.807, 2.05) is 26.0 Å². The highest BCUT2D eigenvalue weighted by Gasteiger charge is 2.55. The summed E-state index contributed by atoms with van der Waals surface area (Å²) >= 11 is 0. The van der Waals surface area contributed by atoms with Crippen molar-refractivity contribution in [3.63, 3.8) is 0 Å². The van der Waals surface area contributed by atoms with Gasteiger partial charge in [-0.25, -0.2) is 4.79 Å². The fourth-order valence-corrected chi connectivity index (χ4v) is 3.15. The number of cyclic esters (lactones) is 1. The van der Waals surface area contributed by atoms with Gasteiger partial charge < -0.3 is 14.6 Å². The fraction of sp³-hybridized carbons (Fsp3) is 0.579. The Labute approximate surface area is 143 Å². The van der Waals surface area contributed by atoms with Crippen LogP contribution in [-0.2, 0) is 19.1 Å². The number of aliphatic hydroxyl groups excluding tert-OH is 1. The van der Waals surface area contributed by atoms with Crippen molar-refractivity contribution >= 4 is 11.9 Å². The van der Waals surface area contributed by atoms with Crippen LogP contribution in [0.4, 0.5) is 0 Å². The topological polar surface area (TPSA) is 72.8 Å². The van der Waals surface area contributed by atoms with Crippen LogP contribution in [0.5, 0.6) is 0 Å². The summed E-state index contributed by atoms with van der Waals surface area (Å²) in [7, 11) is 0. The third-order valence-electron chi connectivity index (χ3n) is 4.47. The Morgan fingerprint density at radius 1 is 1.42 bits per heavy atom. The van der Waals surface area contributed by atoms with Crippen molar-refractivity contribution in [1.82, 2.24) is 0 Å². The van der Waals surface area contributed by atoms with Crippen molar-refractivity contribution in [2.45, 2.75) is 53.1 Å². The Balaban J connectivity index is 2.64. The standard InChI is InChI=1S/C19H26O5/c1-6-15(21)24-19(16-14(20)11-23-17(16)22)10-13(9-12(2)3)7-8-18(19,4)5/h7-8,10,12,20H,6,9,11H2,1-5H3/t19-/m1/s1. The van der Waals surface area contributed by atoms with Gasteiger partial charge in [0.1, 0.15) is 17.9 Å². The van der Waals surface area contributed by atoms with E-state index in [1.54, 1.807) is 13.0 Å². The summed E-state index contributed by atoms with van der Waals surface area (Å²) in [6.07, 6.45) is 6.69. The van der Waals surface area contributed by atoms with E-state index in [2.05, 4.69) is 13.8 Å². The van der Waals surface area contributed by atoms with E-state index < -0.39 is 23.0 Å². The number of carbonyl (C=O) groups excluding carboxylic acids is 2. The van der Waals surface area contributed by atoms with E-state index in [9.17, 15) is 14.7 Å². The molecule has 0 spiro atoms. The van der Waals surface area contributed by atoms with E-state index in [0.717, 1.165) is 12.0 Å². The van der Waals surface area contributed by atoms with Gasteiger partial charge in [-0.05, 0) is 24.0 Å². The molecule has 1 heterocycles. The van der Waals surface area contributed by atoms with E-state index in [-0.39, 0.29) is 24.4 Å². The maximum Gasteiger partial charge on any atom is 0.342 e. The summed E-state index contributed by atoms with van der Waals surface area (Å²) in [6.45, 7) is 9.44. The van der Waals surface area contributed by atoms with Crippen molar-refractivity contribution in [3.05, 3.63) is 35.1 Å². The second kappa shape index (κ2) is 6.46. The van der Waals surface area contributed by atoms with Gasteiger partial charge in [0, 0.05) is 11.8 Å². The third kappa shape index (κ3) is 3.12. The maximum absolute atomic E-state index is 12.3. The zero-order chi connectivity index (χ0) is 18.1. The molecular formula is C19H26O5. The zero-order valence-electron chi connectivity index (χ0n) is 15.0. The minimum atomic E-state index is -1.36. The van der Waals surface area contributed by atoms with Gasteiger partial charge in [-0.3, -0.25) is 4.79 Å². The number of carbonyl (C=O) groups is 2. The number of esters is 2. The number of hydrogen-bond donors (Lipinski definition) is 1. The summed E-state index contributed by atoms with van der Waals surface area (Å²) in [4.78, 5) is 24.4. The van der Waals surface area contributed by atoms with Crippen molar-refractivity contribution in [1.29, 1.82) is 0 Å². The van der Waals surface area contributed by atoms with Crippen LogP contribution in [0.1, 0.15) is 47.5 Å². The summed E-state index contributed by atoms with van der Waals surface area (Å²) in [5.41, 5.74) is -1.07. The number of hydrogen-bond acceptors (Lipinski definition) is 5. The maximum atomic E-state index is 12.3. The number of allylic oxidation sites excluding steroid dienone is 2. The molecule has 1 aliphatic carbocycles. The van der Waals surface area contributed by atoms with Crippen molar-refractivity contribution in [3.8, 4) is 0 Å². The van der Waals surface area contributed by atoms with Crippen LogP contribution >= 0.6 is 0 Å². The molecule has 0 unspecified atom stereocenters. The summed E-state index contributed by atoms with van der Waals surface area (Å²) < 4.78 is 10.8. The van der Waals surface area contributed by atoms with Crippen molar-refractivity contribution < 1.29 is 24.2 Å². The van der Waals surface area contributed by atoms with Crippen molar-refractivity contribution in [2.24, 2.45) is 11.3 Å². The van der Waals surface area contributed by atoms with Crippen molar-refractivity contribution in [2.75, 3.05) is 6.61 Å². The van der Waals surface area contributed by atoms with E-state index in [1.165, 1.54) is 0 Å². The first-order valence-corrected chi connectivity index (χ1v) is 8.35. The molecule has 1 atom stereocenters. The van der Waals surface area contributed by atoms with Gasteiger partial charge in [0.25, 0.3) is 0 Å². The first kappa shape index (κ1) is 18.3. The first-order valence-electron chi connectivity index (χ1n) is 8.35. The Bertz CT molecular complexity index is 636. The van der Waals surface area contributed by atoms with Crippen LogP contribution in [0.15, 0.2) is 35.1 Å². The molecule has 0 aromatic rings. The number of rotatable bonds is 5. The fourth-order valence-electron chi connectivity index (χ4n) is 3.15. The lowest BCUT2D eigenvalue weighted by Gasteiger charge is -2.44. The molecule has 0 radical (unpaired) electrons. The Morgan fingerprint density at radius 3 is 2.58 bits per heavy atom. The number of aliphatic hydroxyl groups is 1. The molecule has 0 saturated heterocycles. The molecule has 132 valence electrons. The van der Waals surface area contributed by atoms with Crippen LogP contribution in [0.2, 0.25) is 0 Å². The zero-order valence-corrected chi connectivity index (χ0v) is 15.0. The Kier molecular flexibility index (Phi) is 4.92. The minimum Gasteiger partial charge on any atom is -0.508 e. The minimum absolute atomic E-state index is 0.0277. The lowest BCUT2D eigenvalue weighted by atomic mass is 9.66. The third-order valence-corrected chi connectivity index (χ3v) is 4.47. The number of ether oxygens (including phenoxy) is 2. The van der Waals surface area contributed by atoms with E-state index in [4.69, 9.17) is 9.47 Å². The SMILES string of the molecule is CCC(=O)O[C@@]1(C2=C(O)COC2=O)C=C(CC(C)C)C=CC1(C)C. The summed E-state index contributed by atoms with van der Waals surface area (Å²) in [6, 6.07) is 0. The molecule has 0 amide bonds. The van der Waals surface area contributed by atoms with E-state index in [0.29, 0.717) is 5.92 Å². The van der Waals surface area contributed by atoms with Gasteiger partial charge >= 0.3 is 11.9 Å². The molecular weight excluding hydrogens is 308 g/mol. The van der Waals surface area contributed by atoms with Gasteiger partial charge in [0.15, 0.2) is 5.60 Å². The summed E-state index contributed by atoms with van der Waals surface area (Å²) in [5.74, 6) is -0.842. The molecule has 0 fully saturated rings. The largest absolute Gasteiger partial charge is 0.508 e. The van der Waals surface area contributed by atoms with Crippen LogP contribution in [0.3, 0.4) is 0 Å². The Hall–Kier alpha value is -2.04. The molecule has 24 heavy (non-hydrogen) atoms. The predicted molar refractivity (Wildman–Crippen MR) is 90.2 cm³/mol. The molecule has 2 aliphatic rings. The van der Waals surface area contributed by atoms with Gasteiger partial charge in [-0.15, -0.1) is 0 Å². The smallest absolute Gasteiger partial charge is 0.342 e. The second-order valence-electron chi connectivity index (χ2n) is 7.33. The molecule has 5 heteroatoms.